The third kappa shape index (κ3) is 5.71. The molecule has 0 radical (unpaired) electrons. The molecule has 44 heavy (non-hydrogen) atoms. The van der Waals surface area contributed by atoms with E-state index in [-0.39, 0.29) is 35.8 Å². The normalized spacial score (nSPS) is 19.2. The van der Waals surface area contributed by atoms with Crippen molar-refractivity contribution in [2.75, 3.05) is 63.1 Å². The monoisotopic (exact) mass is 613 g/mol. The minimum atomic E-state index is -5.00. The second-order valence-corrected chi connectivity index (χ2v) is 11.2. The molecule has 0 bridgehead atoms. The molecule has 2 saturated heterocycles. The van der Waals surface area contributed by atoms with Crippen molar-refractivity contribution in [1.29, 1.82) is 0 Å². The van der Waals surface area contributed by atoms with Gasteiger partial charge in [0.25, 0.3) is 5.56 Å². The maximum absolute atomic E-state index is 13.5. The number of halogens is 3. The molecule has 3 aromatic rings. The number of hydrogen-bond donors (Lipinski definition) is 1. The summed E-state index contributed by atoms with van der Waals surface area (Å²) in [6.45, 7) is 3.49. The summed E-state index contributed by atoms with van der Waals surface area (Å²) in [6.07, 6.45) is -1.97. The molecule has 3 amide bonds. The van der Waals surface area contributed by atoms with E-state index in [1.165, 1.54) is 34.3 Å². The lowest BCUT2D eigenvalue weighted by Crippen LogP contribution is -2.54. The molecule has 1 aliphatic carbocycles. The Kier molecular flexibility index (Phi) is 7.53. The van der Waals surface area contributed by atoms with Crippen LogP contribution in [0, 0.1) is 0 Å². The van der Waals surface area contributed by atoms with Gasteiger partial charge in [-0.3, -0.25) is 28.6 Å². The van der Waals surface area contributed by atoms with Gasteiger partial charge in [-0.1, -0.05) is 0 Å². The number of hydrogen-bond acceptors (Lipinski definition) is 8. The summed E-state index contributed by atoms with van der Waals surface area (Å²) >= 11 is 0. The van der Waals surface area contributed by atoms with E-state index in [2.05, 4.69) is 24.8 Å². The average molecular weight is 614 g/mol. The van der Waals surface area contributed by atoms with Crippen LogP contribution in [0.1, 0.15) is 12.8 Å². The minimum absolute atomic E-state index is 0.0556. The highest BCUT2D eigenvalue weighted by molar-refractivity contribution is 6.01. The Balaban J connectivity index is 1.30. The van der Waals surface area contributed by atoms with E-state index in [0.29, 0.717) is 50.1 Å². The zero-order valence-electron chi connectivity index (χ0n) is 23.8. The maximum Gasteiger partial charge on any atom is 0.573 e. The molecule has 232 valence electrons. The van der Waals surface area contributed by atoms with E-state index in [4.69, 9.17) is 0 Å². The number of likely N-dealkylation sites (N-methyl/N-ethyl adjacent to an activating group) is 1. The molecule has 2 aromatic carbocycles. The van der Waals surface area contributed by atoms with Crippen molar-refractivity contribution in [3.8, 4) is 11.4 Å². The number of amides is 3. The van der Waals surface area contributed by atoms with Crippen LogP contribution >= 0.6 is 0 Å². The number of alkyl halides is 3. The van der Waals surface area contributed by atoms with Gasteiger partial charge in [-0.15, -0.1) is 13.2 Å². The number of carbonyl (C=O) groups excluding carboxylic acids is 3. The van der Waals surface area contributed by atoms with Gasteiger partial charge in [0.2, 0.25) is 18.2 Å². The van der Waals surface area contributed by atoms with Crippen molar-refractivity contribution in [2.45, 2.75) is 24.7 Å². The summed E-state index contributed by atoms with van der Waals surface area (Å²) in [5.41, 5.74) is -0.527. The summed E-state index contributed by atoms with van der Waals surface area (Å²) in [4.78, 5) is 62.0. The first kappa shape index (κ1) is 29.6. The molecule has 6 rings (SSSR count). The van der Waals surface area contributed by atoms with Gasteiger partial charge in [-0.05, 0) is 56.3 Å². The van der Waals surface area contributed by atoms with E-state index in [0.717, 1.165) is 23.7 Å². The summed E-state index contributed by atoms with van der Waals surface area (Å²) in [5, 5.41) is 2.86. The lowest BCUT2D eigenvalue weighted by atomic mass is 10.1. The molecule has 1 N–H and O–H groups in total. The first-order valence-corrected chi connectivity index (χ1v) is 14.1. The van der Waals surface area contributed by atoms with Gasteiger partial charge in [0.05, 0.1) is 28.8 Å². The summed E-state index contributed by atoms with van der Waals surface area (Å²) in [7, 11) is 1.99. The highest BCUT2D eigenvalue weighted by atomic mass is 19.4. The molecular formula is C29H30F3N7O5. The van der Waals surface area contributed by atoms with Crippen LogP contribution in [0.25, 0.3) is 16.6 Å². The second kappa shape index (κ2) is 11.2. The number of rotatable bonds is 7. The molecule has 1 aromatic heterocycles. The molecule has 1 saturated carbocycles. The number of anilines is 2. The smallest absolute Gasteiger partial charge is 0.404 e. The van der Waals surface area contributed by atoms with Crippen molar-refractivity contribution in [3.05, 3.63) is 53.1 Å². The molecule has 0 unspecified atom stereocenters. The zero-order valence-corrected chi connectivity index (χ0v) is 23.8. The average Bonchev–Trinajstić information content (AvgIpc) is 3.80. The van der Waals surface area contributed by atoms with Crippen LogP contribution in [0.15, 0.2) is 47.5 Å². The van der Waals surface area contributed by atoms with Crippen LogP contribution in [0.3, 0.4) is 0 Å². The largest absolute Gasteiger partial charge is 0.573 e. The first-order chi connectivity index (χ1) is 21.0. The van der Waals surface area contributed by atoms with Gasteiger partial charge < -0.3 is 24.8 Å². The molecule has 2 aliphatic heterocycles. The molecule has 3 fully saturated rings. The molecule has 15 heteroatoms. The fraction of sp³-hybridized carbons (Fsp3) is 0.414. The lowest BCUT2D eigenvalue weighted by molar-refractivity contribution is -0.274. The number of nitrogens with zero attached hydrogens (tertiary/aromatic N) is 6. The van der Waals surface area contributed by atoms with E-state index in [1.54, 1.807) is 12.1 Å². The molecule has 3 aliphatic rings. The Labute approximate surface area is 249 Å². The Hall–Kier alpha value is -4.50. The van der Waals surface area contributed by atoms with Crippen LogP contribution in [0.5, 0.6) is 5.75 Å². The fourth-order valence-corrected chi connectivity index (χ4v) is 5.77. The molecule has 3 heterocycles. The molecular weight excluding hydrogens is 583 g/mol. The minimum Gasteiger partial charge on any atom is -0.404 e. The third-order valence-electron chi connectivity index (χ3n) is 8.42. The zero-order chi connectivity index (χ0) is 31.2. The second-order valence-electron chi connectivity index (χ2n) is 11.2. The first-order valence-electron chi connectivity index (χ1n) is 14.1. The number of nitrogens with one attached hydrogen (secondary N) is 1. The quantitative estimate of drug-likeness (QED) is 0.401. The van der Waals surface area contributed by atoms with Gasteiger partial charge in [0, 0.05) is 45.0 Å². The SMILES string of the molecule is CN1CCN(C2(C(=O)Nc3cc(-n4cnc5cc(N6CCN(C=O)CC6=O)ccc5c4=O)ccc3OC(F)(F)F)CC2)CC1. The van der Waals surface area contributed by atoms with Gasteiger partial charge in [-0.2, -0.15) is 0 Å². The number of piperazine rings is 2. The van der Waals surface area contributed by atoms with Crippen molar-refractivity contribution in [1.82, 2.24) is 24.3 Å². The van der Waals surface area contributed by atoms with Gasteiger partial charge in [0.15, 0.2) is 5.75 Å². The summed E-state index contributed by atoms with van der Waals surface area (Å²) in [6, 6.07) is 8.30. The van der Waals surface area contributed by atoms with Crippen molar-refractivity contribution in [3.63, 3.8) is 0 Å². The van der Waals surface area contributed by atoms with E-state index >= 15 is 0 Å². The predicted octanol–water partition coefficient (Wildman–Crippen LogP) is 1.81. The summed E-state index contributed by atoms with van der Waals surface area (Å²) in [5.74, 6) is -1.30. The van der Waals surface area contributed by atoms with Crippen LogP contribution in [-0.4, -0.2) is 107 Å². The number of carbonyl (C=O) groups is 3. The van der Waals surface area contributed by atoms with Crippen molar-refractivity contribution < 1.29 is 32.3 Å². The standard InChI is InChI=1S/C29H30F3N7O5/c1-35-8-11-37(12-9-35)28(6-7-28)27(43)34-23-15-20(3-5-24(23)44-29(30,31)32)39-17-33-22-14-19(2-4-21(22)26(39)42)38-13-10-36(18-40)16-25(38)41/h2-5,14-15,17-18H,6-13,16H2,1H3,(H,34,43). The summed E-state index contributed by atoms with van der Waals surface area (Å²) < 4.78 is 45.2. The number of ether oxygens (including phenoxy) is 1. The topological polar surface area (TPSA) is 120 Å². The fourth-order valence-electron chi connectivity index (χ4n) is 5.77. The van der Waals surface area contributed by atoms with Crippen molar-refractivity contribution >= 4 is 40.5 Å². The van der Waals surface area contributed by atoms with Crippen molar-refractivity contribution in [2.24, 2.45) is 0 Å². The Morgan fingerprint density at radius 3 is 2.39 bits per heavy atom. The van der Waals surface area contributed by atoms with Crippen LogP contribution in [-0.2, 0) is 14.4 Å². The maximum atomic E-state index is 13.5. The number of fused-ring (bicyclic) bond motifs is 1. The molecule has 0 spiro atoms. The van der Waals surface area contributed by atoms with E-state index in [1.807, 2.05) is 7.05 Å². The highest BCUT2D eigenvalue weighted by Gasteiger charge is 2.55. The van der Waals surface area contributed by atoms with E-state index in [9.17, 15) is 32.3 Å². The molecule has 0 atom stereocenters. The van der Waals surface area contributed by atoms with Gasteiger partial charge in [-0.25, -0.2) is 4.98 Å². The third-order valence-corrected chi connectivity index (χ3v) is 8.42. The van der Waals surface area contributed by atoms with Crippen LogP contribution < -0.4 is 20.5 Å². The number of aromatic nitrogens is 2. The van der Waals surface area contributed by atoms with E-state index < -0.39 is 29.1 Å². The van der Waals surface area contributed by atoms with Crippen LogP contribution in [0.4, 0.5) is 24.5 Å². The Morgan fingerprint density at radius 1 is 1.00 bits per heavy atom. The molecule has 12 nitrogen and oxygen atoms in total. The van der Waals surface area contributed by atoms with Gasteiger partial charge >= 0.3 is 6.36 Å². The highest BCUT2D eigenvalue weighted by Crippen LogP contribution is 2.44. The number of benzene rings is 2. The Morgan fingerprint density at radius 2 is 1.73 bits per heavy atom. The lowest BCUT2D eigenvalue weighted by Gasteiger charge is -2.37. The predicted molar refractivity (Wildman–Crippen MR) is 154 cm³/mol. The Bertz CT molecular complexity index is 1680. The van der Waals surface area contributed by atoms with Crippen LogP contribution in [0.2, 0.25) is 0 Å². The van der Waals surface area contributed by atoms with Gasteiger partial charge in [0.1, 0.15) is 11.9 Å².